The van der Waals surface area contributed by atoms with Crippen LogP contribution in [-0.4, -0.2) is 14.5 Å². The zero-order valence-electron chi connectivity index (χ0n) is 11.0. The van der Waals surface area contributed by atoms with E-state index in [4.69, 9.17) is 5.84 Å². The van der Waals surface area contributed by atoms with Crippen LogP contribution in [0.1, 0.15) is 11.3 Å². The second-order valence-corrected chi connectivity index (χ2v) is 5.09. The molecule has 0 spiro atoms. The molecule has 3 N–H and O–H groups in total. The van der Waals surface area contributed by atoms with E-state index in [1.165, 1.54) is 17.7 Å². The summed E-state index contributed by atoms with van der Waals surface area (Å²) in [7, 11) is 0. The number of hydrazine groups is 1. The van der Waals surface area contributed by atoms with E-state index in [0.29, 0.717) is 17.1 Å². The Labute approximate surface area is 127 Å². The summed E-state index contributed by atoms with van der Waals surface area (Å²) in [6.45, 7) is 1.62. The lowest BCUT2D eigenvalue weighted by molar-refractivity contribution is -0.386. The summed E-state index contributed by atoms with van der Waals surface area (Å²) >= 11 is 3.10. The van der Waals surface area contributed by atoms with Crippen molar-refractivity contribution in [2.45, 2.75) is 13.5 Å². The molecule has 2 heterocycles. The fraction of sp³-hybridized carbons (Fsp3) is 0.167. The lowest BCUT2D eigenvalue weighted by Crippen LogP contribution is -2.23. The van der Waals surface area contributed by atoms with Crippen LogP contribution in [0.25, 0.3) is 0 Å². The fourth-order valence-corrected chi connectivity index (χ4v) is 2.26. The highest BCUT2D eigenvalue weighted by molar-refractivity contribution is 9.10. The second-order valence-electron chi connectivity index (χ2n) is 4.30. The number of pyridine rings is 2. The molecule has 0 saturated heterocycles. The Bertz CT molecular complexity index is 759. The highest BCUT2D eigenvalue weighted by Crippen LogP contribution is 2.22. The van der Waals surface area contributed by atoms with Gasteiger partial charge in [-0.25, -0.2) is 10.8 Å². The van der Waals surface area contributed by atoms with Gasteiger partial charge in [0.05, 0.1) is 27.8 Å². The fourth-order valence-electron chi connectivity index (χ4n) is 1.83. The third-order valence-electron chi connectivity index (χ3n) is 2.92. The molecular formula is C12H12BrN5O3. The number of hydrogen-bond acceptors (Lipinski definition) is 6. The third kappa shape index (κ3) is 3.09. The van der Waals surface area contributed by atoms with Crippen LogP contribution in [0.3, 0.4) is 0 Å². The summed E-state index contributed by atoms with van der Waals surface area (Å²) in [5, 5.41) is 11.0. The number of nitrogens with one attached hydrogen (secondary N) is 1. The van der Waals surface area contributed by atoms with E-state index in [0.717, 1.165) is 0 Å². The molecule has 0 aliphatic rings. The number of rotatable bonds is 4. The van der Waals surface area contributed by atoms with Gasteiger partial charge in [0.1, 0.15) is 5.82 Å². The molecule has 0 unspecified atom stereocenters. The number of nitrogens with two attached hydrogens (primary N) is 1. The van der Waals surface area contributed by atoms with Crippen LogP contribution >= 0.6 is 15.9 Å². The first kappa shape index (κ1) is 15.1. The Morgan fingerprint density at radius 1 is 1.52 bits per heavy atom. The number of hydrogen-bond donors (Lipinski definition) is 2. The van der Waals surface area contributed by atoms with Gasteiger partial charge in [-0.2, -0.15) is 0 Å². The Morgan fingerprint density at radius 2 is 2.24 bits per heavy atom. The molecule has 0 saturated carbocycles. The number of aromatic nitrogens is 2. The second kappa shape index (κ2) is 6.02. The molecule has 2 aromatic rings. The lowest BCUT2D eigenvalue weighted by Gasteiger charge is -2.09. The van der Waals surface area contributed by atoms with Gasteiger partial charge in [0, 0.05) is 5.56 Å². The topological polar surface area (TPSA) is 116 Å². The number of nitrogens with zero attached hydrogens (tertiary/aromatic N) is 3. The maximum absolute atomic E-state index is 12.1. The number of anilines is 1. The Morgan fingerprint density at radius 3 is 2.86 bits per heavy atom. The predicted molar refractivity (Wildman–Crippen MR) is 80.9 cm³/mol. The molecule has 2 aromatic heterocycles. The van der Waals surface area contributed by atoms with E-state index in [9.17, 15) is 14.9 Å². The van der Waals surface area contributed by atoms with Crippen LogP contribution < -0.4 is 16.8 Å². The van der Waals surface area contributed by atoms with E-state index in [-0.39, 0.29) is 22.3 Å². The van der Waals surface area contributed by atoms with Crippen molar-refractivity contribution in [3.63, 3.8) is 0 Å². The van der Waals surface area contributed by atoms with Crippen molar-refractivity contribution >= 4 is 27.4 Å². The SMILES string of the molecule is Cc1c([N+](=O)[O-])cn(Cc2cccc(NN)n2)c(=O)c1Br. The third-order valence-corrected chi connectivity index (χ3v) is 3.86. The molecule has 0 aliphatic carbocycles. The zero-order chi connectivity index (χ0) is 15.6. The first-order chi connectivity index (χ1) is 9.93. The molecule has 8 nitrogen and oxygen atoms in total. The lowest BCUT2D eigenvalue weighted by atomic mass is 10.2. The summed E-state index contributed by atoms with van der Waals surface area (Å²) in [5.74, 6) is 5.72. The maximum atomic E-state index is 12.1. The smallest absolute Gasteiger partial charge is 0.289 e. The highest BCUT2D eigenvalue weighted by Gasteiger charge is 2.18. The van der Waals surface area contributed by atoms with Gasteiger partial charge in [-0.1, -0.05) is 6.07 Å². The van der Waals surface area contributed by atoms with Crippen LogP contribution in [-0.2, 0) is 6.54 Å². The van der Waals surface area contributed by atoms with E-state index in [1.807, 2.05) is 0 Å². The minimum absolute atomic E-state index is 0.105. The van der Waals surface area contributed by atoms with Crippen molar-refractivity contribution in [2.24, 2.45) is 5.84 Å². The van der Waals surface area contributed by atoms with Crippen molar-refractivity contribution in [1.29, 1.82) is 0 Å². The van der Waals surface area contributed by atoms with E-state index < -0.39 is 4.92 Å². The van der Waals surface area contributed by atoms with E-state index in [2.05, 4.69) is 26.3 Å². The number of nitrogen functional groups attached to an aromatic ring is 1. The zero-order valence-corrected chi connectivity index (χ0v) is 12.6. The van der Waals surface area contributed by atoms with Crippen LogP contribution in [0.2, 0.25) is 0 Å². The van der Waals surface area contributed by atoms with Crippen LogP contribution in [0.4, 0.5) is 11.5 Å². The standard InChI is InChI=1S/C12H12BrN5O3/c1-7-9(18(20)21)6-17(12(19)11(7)13)5-8-3-2-4-10(15-8)16-14/h2-4,6H,5,14H2,1H3,(H,15,16). The molecule has 0 bridgehead atoms. The molecule has 0 fully saturated rings. The molecule has 21 heavy (non-hydrogen) atoms. The Hall–Kier alpha value is -2.26. The van der Waals surface area contributed by atoms with Crippen molar-refractivity contribution in [3.05, 3.63) is 60.6 Å². The van der Waals surface area contributed by atoms with Gasteiger partial charge in [-0.15, -0.1) is 0 Å². The average Bonchev–Trinajstić information content (AvgIpc) is 2.47. The summed E-state index contributed by atoms with van der Waals surface area (Å²) in [5.41, 5.74) is 2.77. The van der Waals surface area contributed by atoms with E-state index >= 15 is 0 Å². The van der Waals surface area contributed by atoms with Crippen molar-refractivity contribution in [2.75, 3.05) is 5.43 Å². The van der Waals surface area contributed by atoms with Crippen molar-refractivity contribution < 1.29 is 4.92 Å². The molecular weight excluding hydrogens is 342 g/mol. The van der Waals surface area contributed by atoms with Gasteiger partial charge in [-0.3, -0.25) is 14.9 Å². The Kier molecular flexibility index (Phi) is 4.34. The summed E-state index contributed by atoms with van der Waals surface area (Å²) in [4.78, 5) is 26.8. The molecule has 0 amide bonds. The largest absolute Gasteiger partial charge is 0.308 e. The molecule has 110 valence electrons. The number of nitro groups is 1. The quantitative estimate of drug-likeness (QED) is 0.489. The van der Waals surface area contributed by atoms with Gasteiger partial charge >= 0.3 is 0 Å². The predicted octanol–water partition coefficient (Wildman–Crippen LogP) is 1.56. The van der Waals surface area contributed by atoms with Crippen LogP contribution in [0.15, 0.2) is 33.7 Å². The average molecular weight is 354 g/mol. The molecule has 0 radical (unpaired) electrons. The molecule has 0 aromatic carbocycles. The van der Waals surface area contributed by atoms with E-state index in [1.54, 1.807) is 18.2 Å². The Balaban J connectivity index is 2.49. The minimum Gasteiger partial charge on any atom is -0.308 e. The molecule has 9 heteroatoms. The highest BCUT2D eigenvalue weighted by atomic mass is 79.9. The first-order valence-electron chi connectivity index (χ1n) is 5.90. The first-order valence-corrected chi connectivity index (χ1v) is 6.70. The van der Waals surface area contributed by atoms with Crippen LogP contribution in [0, 0.1) is 17.0 Å². The normalized spacial score (nSPS) is 10.4. The molecule has 0 atom stereocenters. The van der Waals surface area contributed by atoms with Gasteiger partial charge in [0.15, 0.2) is 0 Å². The van der Waals surface area contributed by atoms with Gasteiger partial charge in [0.25, 0.3) is 11.2 Å². The number of halogens is 1. The van der Waals surface area contributed by atoms with Gasteiger partial charge in [0.2, 0.25) is 0 Å². The molecule has 0 aliphatic heterocycles. The van der Waals surface area contributed by atoms with Crippen molar-refractivity contribution in [3.8, 4) is 0 Å². The van der Waals surface area contributed by atoms with Crippen molar-refractivity contribution in [1.82, 2.24) is 9.55 Å². The van der Waals surface area contributed by atoms with Gasteiger partial charge in [-0.05, 0) is 35.0 Å². The summed E-state index contributed by atoms with van der Waals surface area (Å²) in [6.07, 6.45) is 1.21. The maximum Gasteiger partial charge on any atom is 0.289 e. The molecule has 2 rings (SSSR count). The monoisotopic (exact) mass is 353 g/mol. The van der Waals surface area contributed by atoms with Gasteiger partial charge < -0.3 is 9.99 Å². The minimum atomic E-state index is -0.526. The summed E-state index contributed by atoms with van der Waals surface area (Å²) < 4.78 is 1.41. The summed E-state index contributed by atoms with van der Waals surface area (Å²) in [6, 6.07) is 5.09. The van der Waals surface area contributed by atoms with Crippen LogP contribution in [0.5, 0.6) is 0 Å².